The van der Waals surface area contributed by atoms with Crippen LogP contribution in [0.25, 0.3) is 0 Å². The first-order chi connectivity index (χ1) is 10.5. The largest absolute Gasteiger partial charge is 0.435 e. The van der Waals surface area contributed by atoms with E-state index in [1.54, 1.807) is 23.1 Å². The van der Waals surface area contributed by atoms with Crippen LogP contribution in [0.2, 0.25) is 5.02 Å². The van der Waals surface area contributed by atoms with Crippen molar-refractivity contribution in [3.05, 3.63) is 64.2 Å². The van der Waals surface area contributed by atoms with Crippen LogP contribution in [-0.2, 0) is 13.1 Å². The van der Waals surface area contributed by atoms with Crippen LogP contribution in [0.5, 0.6) is 5.75 Å². The fraction of sp³-hybridized carbons (Fsp3) is 0.188. The summed E-state index contributed by atoms with van der Waals surface area (Å²) in [6, 6.07) is 11.6. The van der Waals surface area contributed by atoms with Gasteiger partial charge in [-0.1, -0.05) is 35.9 Å². The van der Waals surface area contributed by atoms with Crippen LogP contribution in [0.15, 0.2) is 42.5 Å². The van der Waals surface area contributed by atoms with Crippen molar-refractivity contribution < 1.29 is 18.3 Å². The molecule has 0 N–H and O–H groups in total. The Morgan fingerprint density at radius 3 is 2.55 bits per heavy atom. The number of benzene rings is 2. The number of halogens is 3. The lowest BCUT2D eigenvalue weighted by Crippen LogP contribution is -2.23. The average molecular weight is 324 g/mol. The van der Waals surface area contributed by atoms with Gasteiger partial charge in [0.25, 0.3) is 5.91 Å². The number of nitrogens with zero attached hydrogens (tertiary/aromatic N) is 1. The van der Waals surface area contributed by atoms with Crippen molar-refractivity contribution in [2.45, 2.75) is 19.7 Å². The zero-order valence-electron chi connectivity index (χ0n) is 11.4. The predicted molar refractivity (Wildman–Crippen MR) is 78.1 cm³/mol. The number of alkyl halides is 2. The summed E-state index contributed by atoms with van der Waals surface area (Å²) in [4.78, 5) is 14.0. The third kappa shape index (κ3) is 2.90. The molecule has 114 valence electrons. The third-order valence-corrected chi connectivity index (χ3v) is 3.80. The lowest BCUT2D eigenvalue weighted by molar-refractivity contribution is -0.0498. The van der Waals surface area contributed by atoms with Gasteiger partial charge in [-0.05, 0) is 29.3 Å². The Morgan fingerprint density at radius 2 is 1.91 bits per heavy atom. The first-order valence-electron chi connectivity index (χ1n) is 6.65. The van der Waals surface area contributed by atoms with E-state index in [0.29, 0.717) is 23.7 Å². The molecule has 1 heterocycles. The van der Waals surface area contributed by atoms with Crippen molar-refractivity contribution in [1.82, 2.24) is 4.90 Å². The van der Waals surface area contributed by atoms with Crippen molar-refractivity contribution in [2.75, 3.05) is 0 Å². The zero-order chi connectivity index (χ0) is 15.7. The molecule has 0 aromatic heterocycles. The molecule has 1 amide bonds. The summed E-state index contributed by atoms with van der Waals surface area (Å²) in [5.74, 6) is -0.0219. The van der Waals surface area contributed by atoms with Crippen molar-refractivity contribution in [1.29, 1.82) is 0 Å². The van der Waals surface area contributed by atoms with Gasteiger partial charge in [0.05, 0.1) is 10.6 Å². The van der Waals surface area contributed by atoms with E-state index in [-0.39, 0.29) is 11.7 Å². The second-order valence-corrected chi connectivity index (χ2v) is 5.36. The van der Waals surface area contributed by atoms with E-state index in [4.69, 9.17) is 11.6 Å². The van der Waals surface area contributed by atoms with Crippen LogP contribution in [0.3, 0.4) is 0 Å². The van der Waals surface area contributed by atoms with Gasteiger partial charge in [-0.3, -0.25) is 4.79 Å². The van der Waals surface area contributed by atoms with Crippen LogP contribution in [0.4, 0.5) is 8.78 Å². The Kier molecular flexibility index (Phi) is 3.98. The molecule has 3 nitrogen and oxygen atoms in total. The molecule has 1 aliphatic heterocycles. The minimum Gasteiger partial charge on any atom is -0.435 e. The third-order valence-electron chi connectivity index (χ3n) is 3.48. The summed E-state index contributed by atoms with van der Waals surface area (Å²) in [5, 5.41) is 0.450. The lowest BCUT2D eigenvalue weighted by Gasteiger charge is -2.16. The van der Waals surface area contributed by atoms with E-state index >= 15 is 0 Å². The van der Waals surface area contributed by atoms with Gasteiger partial charge in [-0.15, -0.1) is 0 Å². The van der Waals surface area contributed by atoms with Gasteiger partial charge in [0, 0.05) is 13.1 Å². The number of carbonyl (C=O) groups excluding carboxylic acids is 1. The SMILES string of the molecule is O=C1c2c(Cl)cccc2CN1Cc1ccc(OC(F)F)cc1. The van der Waals surface area contributed by atoms with Gasteiger partial charge in [0.15, 0.2) is 0 Å². The van der Waals surface area contributed by atoms with Gasteiger partial charge in [-0.2, -0.15) is 8.78 Å². The molecule has 0 radical (unpaired) electrons. The summed E-state index contributed by atoms with van der Waals surface area (Å²) in [7, 11) is 0. The molecule has 22 heavy (non-hydrogen) atoms. The van der Waals surface area contributed by atoms with Crippen molar-refractivity contribution in [3.63, 3.8) is 0 Å². The number of hydrogen-bond donors (Lipinski definition) is 0. The van der Waals surface area contributed by atoms with Gasteiger partial charge >= 0.3 is 6.61 Å². The zero-order valence-corrected chi connectivity index (χ0v) is 12.2. The average Bonchev–Trinajstić information content (AvgIpc) is 2.78. The molecule has 2 aromatic carbocycles. The Balaban J connectivity index is 1.73. The maximum Gasteiger partial charge on any atom is 0.387 e. The van der Waals surface area contributed by atoms with E-state index < -0.39 is 6.61 Å². The fourth-order valence-electron chi connectivity index (χ4n) is 2.50. The number of fused-ring (bicyclic) bond motifs is 1. The summed E-state index contributed by atoms with van der Waals surface area (Å²) in [5.41, 5.74) is 2.27. The Hall–Kier alpha value is -2.14. The highest BCUT2D eigenvalue weighted by Crippen LogP contribution is 2.30. The highest BCUT2D eigenvalue weighted by Gasteiger charge is 2.29. The smallest absolute Gasteiger partial charge is 0.387 e. The Morgan fingerprint density at radius 1 is 1.18 bits per heavy atom. The lowest BCUT2D eigenvalue weighted by atomic mass is 10.1. The Labute approximate surface area is 131 Å². The summed E-state index contributed by atoms with van der Waals surface area (Å²) in [6.45, 7) is -1.97. The normalized spacial score (nSPS) is 13.6. The van der Waals surface area contributed by atoms with E-state index in [2.05, 4.69) is 4.74 Å². The second-order valence-electron chi connectivity index (χ2n) is 4.96. The monoisotopic (exact) mass is 323 g/mol. The van der Waals surface area contributed by atoms with Crippen LogP contribution in [-0.4, -0.2) is 17.4 Å². The molecule has 0 spiro atoms. The molecule has 0 saturated heterocycles. The van der Waals surface area contributed by atoms with Crippen LogP contribution >= 0.6 is 11.6 Å². The van der Waals surface area contributed by atoms with Crippen molar-refractivity contribution >= 4 is 17.5 Å². The molecule has 0 atom stereocenters. The first-order valence-corrected chi connectivity index (χ1v) is 7.03. The van der Waals surface area contributed by atoms with Crippen molar-refractivity contribution in [2.24, 2.45) is 0 Å². The van der Waals surface area contributed by atoms with Gasteiger partial charge in [0.2, 0.25) is 0 Å². The highest BCUT2D eigenvalue weighted by atomic mass is 35.5. The number of rotatable bonds is 4. The van der Waals surface area contributed by atoms with E-state index in [1.807, 2.05) is 12.1 Å². The van der Waals surface area contributed by atoms with Gasteiger partial charge in [0.1, 0.15) is 5.75 Å². The standard InChI is InChI=1S/C16H12ClF2NO2/c17-13-3-1-2-11-9-20(15(21)14(11)13)8-10-4-6-12(7-5-10)22-16(18)19/h1-7,16H,8-9H2. The number of hydrogen-bond acceptors (Lipinski definition) is 2. The molecule has 0 fully saturated rings. The predicted octanol–water partition coefficient (Wildman–Crippen LogP) is 4.10. The summed E-state index contributed by atoms with van der Waals surface area (Å²) in [6.07, 6.45) is 0. The molecule has 2 aromatic rings. The molecular formula is C16H12ClF2NO2. The van der Waals surface area contributed by atoms with Crippen LogP contribution in [0.1, 0.15) is 21.5 Å². The van der Waals surface area contributed by atoms with Gasteiger partial charge < -0.3 is 9.64 Å². The maximum absolute atomic E-state index is 12.4. The maximum atomic E-state index is 12.4. The highest BCUT2D eigenvalue weighted by molar-refractivity contribution is 6.34. The minimum absolute atomic E-state index is 0.0952. The number of amides is 1. The molecule has 6 heteroatoms. The molecule has 0 aliphatic carbocycles. The molecule has 1 aliphatic rings. The molecular weight excluding hydrogens is 312 g/mol. The van der Waals surface area contributed by atoms with Crippen molar-refractivity contribution in [3.8, 4) is 5.75 Å². The van der Waals surface area contributed by atoms with E-state index in [1.165, 1.54) is 12.1 Å². The quantitative estimate of drug-likeness (QED) is 0.848. The molecule has 0 unspecified atom stereocenters. The van der Waals surface area contributed by atoms with Crippen LogP contribution < -0.4 is 4.74 Å². The van der Waals surface area contributed by atoms with E-state index in [0.717, 1.165) is 11.1 Å². The summed E-state index contributed by atoms with van der Waals surface area (Å²) < 4.78 is 28.5. The minimum atomic E-state index is -2.84. The molecule has 0 saturated carbocycles. The first kappa shape index (κ1) is 14.8. The fourth-order valence-corrected chi connectivity index (χ4v) is 2.77. The topological polar surface area (TPSA) is 29.5 Å². The Bertz CT molecular complexity index is 704. The molecule has 3 rings (SSSR count). The van der Waals surface area contributed by atoms with E-state index in [9.17, 15) is 13.6 Å². The second kappa shape index (κ2) is 5.93. The number of ether oxygens (including phenoxy) is 1. The number of carbonyl (C=O) groups is 1. The molecule has 0 bridgehead atoms. The summed E-state index contributed by atoms with van der Waals surface area (Å²) >= 11 is 6.07. The van der Waals surface area contributed by atoms with Crippen LogP contribution in [0, 0.1) is 0 Å². The van der Waals surface area contributed by atoms with Gasteiger partial charge in [-0.25, -0.2) is 0 Å².